The number of rotatable bonds is 8. The number of aryl methyl sites for hydroxylation is 1. The lowest BCUT2D eigenvalue weighted by Crippen LogP contribution is -2.38. The van der Waals surface area contributed by atoms with Gasteiger partial charge in [0.1, 0.15) is 17.3 Å². The number of hydrogen-bond donors (Lipinski definition) is 1. The number of carbonyl (C=O) groups excluding carboxylic acids is 1. The average Bonchev–Trinajstić information content (AvgIpc) is 2.93. The second-order valence-electron chi connectivity index (χ2n) is 6.41. The lowest BCUT2D eigenvalue weighted by molar-refractivity contribution is -0.131. The number of benzene rings is 1. The molecule has 1 heterocycles. The summed E-state index contributed by atoms with van der Waals surface area (Å²) in [6.45, 7) is 7.95. The molecule has 0 aliphatic carbocycles. The van der Waals surface area contributed by atoms with Crippen molar-refractivity contribution in [3.05, 3.63) is 59.3 Å². The zero-order valence-corrected chi connectivity index (χ0v) is 14.5. The molecule has 1 amide bonds. The Morgan fingerprint density at radius 3 is 2.46 bits per heavy atom. The minimum atomic E-state index is -0.281. The molecule has 0 unspecified atom stereocenters. The predicted molar refractivity (Wildman–Crippen MR) is 91.8 cm³/mol. The molecule has 130 valence electrons. The first kappa shape index (κ1) is 18.2. The molecule has 2 rings (SSSR count). The molecule has 0 saturated heterocycles. The maximum atomic E-state index is 13.1. The first-order valence-corrected chi connectivity index (χ1v) is 8.22. The molecular weight excluding hydrogens is 307 g/mol. The van der Waals surface area contributed by atoms with Gasteiger partial charge in [-0.15, -0.1) is 0 Å². The number of hydrogen-bond acceptors (Lipinski definition) is 3. The molecule has 0 aliphatic rings. The van der Waals surface area contributed by atoms with Crippen molar-refractivity contribution in [3.8, 4) is 0 Å². The first-order valence-electron chi connectivity index (χ1n) is 8.22. The van der Waals surface area contributed by atoms with E-state index in [1.807, 2.05) is 19.1 Å². The van der Waals surface area contributed by atoms with Gasteiger partial charge >= 0.3 is 0 Å². The van der Waals surface area contributed by atoms with E-state index < -0.39 is 0 Å². The standard InChI is InChI=1S/C19H25FN2O2/c1-14(2)10-21-11-19(23)22(13-18-9-4-15(3)24-18)12-16-5-7-17(20)8-6-16/h4-9,14,21H,10-13H2,1-3H3. The Morgan fingerprint density at radius 2 is 1.88 bits per heavy atom. The van der Waals surface area contributed by atoms with Crippen LogP contribution in [0.3, 0.4) is 0 Å². The lowest BCUT2D eigenvalue weighted by Gasteiger charge is -2.22. The van der Waals surface area contributed by atoms with Gasteiger partial charge in [0.15, 0.2) is 0 Å². The monoisotopic (exact) mass is 332 g/mol. The zero-order valence-electron chi connectivity index (χ0n) is 14.5. The summed E-state index contributed by atoms with van der Waals surface area (Å²) >= 11 is 0. The number of halogens is 1. The van der Waals surface area contributed by atoms with Crippen LogP contribution in [0, 0.1) is 18.7 Å². The third kappa shape index (κ3) is 5.81. The van der Waals surface area contributed by atoms with Crippen LogP contribution < -0.4 is 5.32 Å². The van der Waals surface area contributed by atoms with Gasteiger partial charge in [-0.2, -0.15) is 0 Å². The first-order chi connectivity index (χ1) is 11.4. The van der Waals surface area contributed by atoms with Crippen molar-refractivity contribution in [2.75, 3.05) is 13.1 Å². The van der Waals surface area contributed by atoms with Gasteiger partial charge in [-0.1, -0.05) is 26.0 Å². The second kappa shape index (κ2) is 8.64. The Hall–Kier alpha value is -2.14. The van der Waals surface area contributed by atoms with Crippen molar-refractivity contribution in [1.82, 2.24) is 10.2 Å². The lowest BCUT2D eigenvalue weighted by atomic mass is 10.2. The van der Waals surface area contributed by atoms with Crippen LogP contribution in [-0.4, -0.2) is 23.9 Å². The van der Waals surface area contributed by atoms with E-state index in [9.17, 15) is 9.18 Å². The number of furan rings is 1. The van der Waals surface area contributed by atoms with E-state index in [1.165, 1.54) is 12.1 Å². The van der Waals surface area contributed by atoms with E-state index in [-0.39, 0.29) is 18.3 Å². The molecule has 0 bridgehead atoms. The Kier molecular flexibility index (Phi) is 6.55. The van der Waals surface area contributed by atoms with Crippen LogP contribution in [0.2, 0.25) is 0 Å². The Balaban J connectivity index is 2.04. The summed E-state index contributed by atoms with van der Waals surface area (Å²) in [6, 6.07) is 9.97. The summed E-state index contributed by atoms with van der Waals surface area (Å²) in [7, 11) is 0. The summed E-state index contributed by atoms with van der Waals surface area (Å²) in [5.41, 5.74) is 0.886. The molecule has 0 atom stereocenters. The summed E-state index contributed by atoms with van der Waals surface area (Å²) in [6.07, 6.45) is 0. The van der Waals surface area contributed by atoms with E-state index in [1.54, 1.807) is 17.0 Å². The van der Waals surface area contributed by atoms with Gasteiger partial charge < -0.3 is 14.6 Å². The second-order valence-corrected chi connectivity index (χ2v) is 6.41. The van der Waals surface area contributed by atoms with E-state index in [0.717, 1.165) is 23.6 Å². The van der Waals surface area contributed by atoms with Crippen LogP contribution in [0.5, 0.6) is 0 Å². The number of carbonyl (C=O) groups is 1. The van der Waals surface area contributed by atoms with E-state index in [0.29, 0.717) is 19.0 Å². The highest BCUT2D eigenvalue weighted by atomic mass is 19.1. The molecule has 0 radical (unpaired) electrons. The van der Waals surface area contributed by atoms with Crippen molar-refractivity contribution in [2.24, 2.45) is 5.92 Å². The van der Waals surface area contributed by atoms with Gasteiger partial charge in [-0.25, -0.2) is 4.39 Å². The predicted octanol–water partition coefficient (Wildman–Crippen LogP) is 3.50. The SMILES string of the molecule is Cc1ccc(CN(Cc2ccc(F)cc2)C(=O)CNCC(C)C)o1. The fourth-order valence-corrected chi connectivity index (χ4v) is 2.38. The average molecular weight is 332 g/mol. The van der Waals surface area contributed by atoms with Crippen molar-refractivity contribution < 1.29 is 13.6 Å². The van der Waals surface area contributed by atoms with Gasteiger partial charge in [-0.3, -0.25) is 4.79 Å². The molecule has 1 N–H and O–H groups in total. The number of nitrogens with one attached hydrogen (secondary N) is 1. The molecule has 0 aliphatic heterocycles. The highest BCUT2D eigenvalue weighted by molar-refractivity contribution is 5.78. The molecule has 5 heteroatoms. The summed E-state index contributed by atoms with van der Waals surface area (Å²) in [5.74, 6) is 1.76. The Bertz CT molecular complexity index is 650. The van der Waals surface area contributed by atoms with E-state index in [4.69, 9.17) is 4.42 Å². The summed E-state index contributed by atoms with van der Waals surface area (Å²) < 4.78 is 18.7. The van der Waals surface area contributed by atoms with Crippen LogP contribution >= 0.6 is 0 Å². The molecule has 1 aromatic heterocycles. The summed E-state index contributed by atoms with van der Waals surface area (Å²) in [5, 5.41) is 3.17. The molecule has 2 aromatic rings. The summed E-state index contributed by atoms with van der Waals surface area (Å²) in [4.78, 5) is 14.3. The highest BCUT2D eigenvalue weighted by Crippen LogP contribution is 2.13. The van der Waals surface area contributed by atoms with Crippen LogP contribution in [0.1, 0.15) is 30.9 Å². The van der Waals surface area contributed by atoms with Crippen LogP contribution in [-0.2, 0) is 17.9 Å². The molecule has 0 spiro atoms. The maximum absolute atomic E-state index is 13.1. The smallest absolute Gasteiger partial charge is 0.237 e. The number of nitrogens with zero attached hydrogens (tertiary/aromatic N) is 1. The quantitative estimate of drug-likeness (QED) is 0.805. The Morgan fingerprint density at radius 1 is 1.17 bits per heavy atom. The van der Waals surface area contributed by atoms with Crippen molar-refractivity contribution in [3.63, 3.8) is 0 Å². The molecule has 4 nitrogen and oxygen atoms in total. The van der Waals surface area contributed by atoms with Gasteiger partial charge in [-0.05, 0) is 49.2 Å². The third-order valence-electron chi connectivity index (χ3n) is 3.61. The topological polar surface area (TPSA) is 45.5 Å². The fourth-order valence-electron chi connectivity index (χ4n) is 2.38. The minimum absolute atomic E-state index is 0.00553. The van der Waals surface area contributed by atoms with Crippen LogP contribution in [0.25, 0.3) is 0 Å². The molecule has 0 saturated carbocycles. The van der Waals surface area contributed by atoms with Gasteiger partial charge in [0.25, 0.3) is 0 Å². The van der Waals surface area contributed by atoms with Crippen LogP contribution in [0.4, 0.5) is 4.39 Å². The van der Waals surface area contributed by atoms with E-state index >= 15 is 0 Å². The number of amides is 1. The van der Waals surface area contributed by atoms with Crippen molar-refractivity contribution in [1.29, 1.82) is 0 Å². The van der Waals surface area contributed by atoms with Crippen LogP contribution in [0.15, 0.2) is 40.8 Å². The van der Waals surface area contributed by atoms with Crippen molar-refractivity contribution >= 4 is 5.91 Å². The molecule has 1 aromatic carbocycles. The Labute approximate surface area is 142 Å². The van der Waals surface area contributed by atoms with E-state index in [2.05, 4.69) is 19.2 Å². The molecule has 24 heavy (non-hydrogen) atoms. The minimum Gasteiger partial charge on any atom is -0.464 e. The molecular formula is C19H25FN2O2. The van der Waals surface area contributed by atoms with Crippen molar-refractivity contribution in [2.45, 2.75) is 33.9 Å². The zero-order chi connectivity index (χ0) is 17.5. The van der Waals surface area contributed by atoms with Gasteiger partial charge in [0.05, 0.1) is 13.1 Å². The normalized spacial score (nSPS) is 11.0. The fraction of sp³-hybridized carbons (Fsp3) is 0.421. The largest absolute Gasteiger partial charge is 0.464 e. The van der Waals surface area contributed by atoms with Gasteiger partial charge in [0.2, 0.25) is 5.91 Å². The third-order valence-corrected chi connectivity index (χ3v) is 3.61. The highest BCUT2D eigenvalue weighted by Gasteiger charge is 2.16. The van der Waals surface area contributed by atoms with Gasteiger partial charge in [0, 0.05) is 6.54 Å². The maximum Gasteiger partial charge on any atom is 0.237 e. The molecule has 0 fully saturated rings.